The lowest BCUT2D eigenvalue weighted by molar-refractivity contribution is -0.183. The Labute approximate surface area is 166 Å². The van der Waals surface area contributed by atoms with Gasteiger partial charge in [0.2, 0.25) is 0 Å². The van der Waals surface area contributed by atoms with Crippen molar-refractivity contribution >= 4 is 17.9 Å². The second-order valence-electron chi connectivity index (χ2n) is 7.93. The van der Waals surface area contributed by atoms with Gasteiger partial charge in [-0.3, -0.25) is 14.4 Å². The Bertz CT molecular complexity index is 672. The van der Waals surface area contributed by atoms with Crippen LogP contribution in [0.15, 0.2) is 30.3 Å². The molecule has 1 saturated carbocycles. The highest BCUT2D eigenvalue weighted by molar-refractivity contribution is 6.01. The van der Waals surface area contributed by atoms with E-state index >= 15 is 0 Å². The molecule has 0 heterocycles. The summed E-state index contributed by atoms with van der Waals surface area (Å²) >= 11 is 0. The summed E-state index contributed by atoms with van der Waals surface area (Å²) in [6, 6.07) is 9.73. The van der Waals surface area contributed by atoms with Crippen molar-refractivity contribution in [2.45, 2.75) is 65.6 Å². The topological polar surface area (TPSA) is 78.9 Å². The molecule has 0 aromatic heterocycles. The zero-order valence-electron chi connectivity index (χ0n) is 17.3. The van der Waals surface area contributed by atoms with Crippen LogP contribution in [0.1, 0.15) is 58.9 Å². The van der Waals surface area contributed by atoms with Crippen molar-refractivity contribution in [1.82, 2.24) is 0 Å². The normalized spacial score (nSPS) is 20.8. The Morgan fingerprint density at radius 3 is 2.00 bits per heavy atom. The van der Waals surface area contributed by atoms with Gasteiger partial charge in [0.25, 0.3) is 0 Å². The van der Waals surface area contributed by atoms with Crippen molar-refractivity contribution in [2.75, 3.05) is 6.61 Å². The molecule has 0 spiro atoms. The van der Waals surface area contributed by atoms with Gasteiger partial charge in [-0.15, -0.1) is 0 Å². The molecular formula is C22H30O6. The summed E-state index contributed by atoms with van der Waals surface area (Å²) in [5.41, 5.74) is -0.461. The van der Waals surface area contributed by atoms with Gasteiger partial charge in [0.05, 0.1) is 18.8 Å². The molecule has 0 bridgehead atoms. The quantitative estimate of drug-likeness (QED) is 0.402. The van der Waals surface area contributed by atoms with Crippen molar-refractivity contribution in [3.63, 3.8) is 0 Å². The molecule has 28 heavy (non-hydrogen) atoms. The van der Waals surface area contributed by atoms with E-state index in [0.717, 1.165) is 5.56 Å². The molecule has 154 valence electrons. The highest BCUT2D eigenvalue weighted by atomic mass is 16.6. The average molecular weight is 390 g/mol. The smallest absolute Gasteiger partial charge is 0.324 e. The molecule has 2 rings (SSSR count). The molecule has 6 heteroatoms. The third kappa shape index (κ3) is 4.91. The number of rotatable bonds is 7. The van der Waals surface area contributed by atoms with Crippen LogP contribution >= 0.6 is 0 Å². The van der Waals surface area contributed by atoms with Gasteiger partial charge in [0.15, 0.2) is 5.41 Å². The number of carbonyl (C=O) groups is 3. The highest BCUT2D eigenvalue weighted by Crippen LogP contribution is 2.52. The van der Waals surface area contributed by atoms with Crippen LogP contribution in [0.5, 0.6) is 0 Å². The third-order valence-corrected chi connectivity index (χ3v) is 5.01. The number of carbonyl (C=O) groups excluding carboxylic acids is 3. The van der Waals surface area contributed by atoms with E-state index < -0.39 is 29.2 Å². The summed E-state index contributed by atoms with van der Waals surface area (Å²) < 4.78 is 16.2. The van der Waals surface area contributed by atoms with Crippen LogP contribution in [0.3, 0.4) is 0 Å². The number of esters is 3. The summed E-state index contributed by atoms with van der Waals surface area (Å²) in [6.45, 7) is 8.24. The van der Waals surface area contributed by atoms with Gasteiger partial charge >= 0.3 is 17.9 Å². The molecule has 2 unspecified atom stereocenters. The Balaban J connectivity index is 2.46. The largest absolute Gasteiger partial charge is 0.466 e. The van der Waals surface area contributed by atoms with Crippen molar-refractivity contribution < 1.29 is 28.6 Å². The van der Waals surface area contributed by atoms with Crippen molar-refractivity contribution in [1.29, 1.82) is 0 Å². The van der Waals surface area contributed by atoms with Crippen molar-refractivity contribution in [3.05, 3.63) is 35.9 Å². The minimum Gasteiger partial charge on any atom is -0.466 e. The van der Waals surface area contributed by atoms with Crippen LogP contribution in [0.25, 0.3) is 0 Å². The van der Waals surface area contributed by atoms with E-state index in [0.29, 0.717) is 6.42 Å². The number of ether oxygens (including phenoxy) is 3. The summed E-state index contributed by atoms with van der Waals surface area (Å²) in [5, 5.41) is 0. The summed E-state index contributed by atoms with van der Waals surface area (Å²) in [7, 11) is 0. The first-order valence-corrected chi connectivity index (χ1v) is 9.77. The van der Waals surface area contributed by atoms with E-state index in [2.05, 4.69) is 0 Å². The minimum absolute atomic E-state index is 0.0287. The van der Waals surface area contributed by atoms with Crippen LogP contribution < -0.4 is 0 Å². The molecular weight excluding hydrogens is 360 g/mol. The van der Waals surface area contributed by atoms with E-state index in [1.54, 1.807) is 27.7 Å². The second kappa shape index (κ2) is 9.22. The number of benzene rings is 1. The molecule has 2 atom stereocenters. The van der Waals surface area contributed by atoms with Crippen molar-refractivity contribution in [2.24, 2.45) is 11.3 Å². The summed E-state index contributed by atoms with van der Waals surface area (Å²) in [6.07, 6.45) is 0.0420. The summed E-state index contributed by atoms with van der Waals surface area (Å²) in [5.74, 6) is -2.22. The van der Waals surface area contributed by atoms with E-state index in [4.69, 9.17) is 14.2 Å². The lowest BCUT2D eigenvalue weighted by atomic mass is 9.77. The monoisotopic (exact) mass is 390 g/mol. The van der Waals surface area contributed by atoms with E-state index in [1.165, 1.54) is 6.92 Å². The van der Waals surface area contributed by atoms with Crippen LogP contribution in [-0.2, 0) is 28.6 Å². The zero-order chi connectivity index (χ0) is 20.9. The first kappa shape index (κ1) is 21.9. The van der Waals surface area contributed by atoms with Crippen molar-refractivity contribution in [3.8, 4) is 0 Å². The van der Waals surface area contributed by atoms with E-state index in [1.807, 2.05) is 30.3 Å². The fourth-order valence-corrected chi connectivity index (χ4v) is 3.81. The van der Waals surface area contributed by atoms with Crippen LogP contribution in [0.2, 0.25) is 0 Å². The Hall–Kier alpha value is -2.37. The standard InChI is InChI=1S/C22H30O6/c1-14(2)27-20(24)22(21(25)28-15(3)4)12-18(17-9-7-6-8-10-17)11-19(22)13-26-16(5)23/h6-10,14-15,18-19H,11-13H2,1-5H3. The van der Waals surface area contributed by atoms with Gasteiger partial charge in [0.1, 0.15) is 0 Å². The van der Waals surface area contributed by atoms with Crippen LogP contribution in [-0.4, -0.2) is 36.7 Å². The molecule has 0 N–H and O–H groups in total. The molecule has 1 aliphatic carbocycles. The molecule has 1 aromatic carbocycles. The number of hydrogen-bond acceptors (Lipinski definition) is 6. The number of hydrogen-bond donors (Lipinski definition) is 0. The predicted octanol–water partition coefficient (Wildman–Crippen LogP) is 3.63. The fourth-order valence-electron chi connectivity index (χ4n) is 3.81. The minimum atomic E-state index is -1.50. The summed E-state index contributed by atoms with van der Waals surface area (Å²) in [4.78, 5) is 37.7. The fraction of sp³-hybridized carbons (Fsp3) is 0.591. The first-order chi connectivity index (χ1) is 13.2. The lowest BCUT2D eigenvalue weighted by Gasteiger charge is -2.32. The lowest BCUT2D eigenvalue weighted by Crippen LogP contribution is -2.47. The van der Waals surface area contributed by atoms with Gasteiger partial charge in [-0.2, -0.15) is 0 Å². The van der Waals surface area contributed by atoms with Gasteiger partial charge < -0.3 is 14.2 Å². The Morgan fingerprint density at radius 1 is 1.00 bits per heavy atom. The van der Waals surface area contributed by atoms with E-state index in [-0.39, 0.29) is 31.2 Å². The third-order valence-electron chi connectivity index (χ3n) is 5.01. The molecule has 6 nitrogen and oxygen atoms in total. The molecule has 0 saturated heterocycles. The first-order valence-electron chi connectivity index (χ1n) is 9.77. The zero-order valence-corrected chi connectivity index (χ0v) is 17.3. The van der Waals surface area contributed by atoms with Crippen LogP contribution in [0.4, 0.5) is 0 Å². The second-order valence-corrected chi connectivity index (χ2v) is 7.93. The molecule has 0 amide bonds. The Morgan fingerprint density at radius 2 is 1.54 bits per heavy atom. The maximum Gasteiger partial charge on any atom is 0.324 e. The van der Waals surface area contributed by atoms with Gasteiger partial charge in [-0.1, -0.05) is 30.3 Å². The Kier molecular flexibility index (Phi) is 7.22. The van der Waals surface area contributed by atoms with Gasteiger partial charge in [0, 0.05) is 12.8 Å². The maximum absolute atomic E-state index is 13.2. The molecule has 1 fully saturated rings. The predicted molar refractivity (Wildman–Crippen MR) is 103 cm³/mol. The molecule has 0 radical (unpaired) electrons. The molecule has 1 aliphatic rings. The van der Waals surface area contributed by atoms with Crippen LogP contribution in [0, 0.1) is 11.3 Å². The highest BCUT2D eigenvalue weighted by Gasteiger charge is 2.61. The average Bonchev–Trinajstić information content (AvgIpc) is 3.00. The van der Waals surface area contributed by atoms with Gasteiger partial charge in [-0.25, -0.2) is 0 Å². The SMILES string of the molecule is CC(=O)OCC1CC(c2ccccc2)CC1(C(=O)OC(C)C)C(=O)OC(C)C. The molecule has 1 aromatic rings. The maximum atomic E-state index is 13.2. The van der Waals surface area contributed by atoms with Gasteiger partial charge in [-0.05, 0) is 52.0 Å². The van der Waals surface area contributed by atoms with E-state index in [9.17, 15) is 14.4 Å². The molecule has 0 aliphatic heterocycles.